The van der Waals surface area contributed by atoms with Gasteiger partial charge in [-0.3, -0.25) is 9.69 Å². The van der Waals surface area contributed by atoms with Crippen LogP contribution >= 0.6 is 0 Å². The lowest BCUT2D eigenvalue weighted by molar-refractivity contribution is -0.122. The molecule has 6 heteroatoms. The maximum Gasteiger partial charge on any atom is 0.234 e. The van der Waals surface area contributed by atoms with Crippen LogP contribution in [0, 0.1) is 5.82 Å². The maximum atomic E-state index is 12.9. The molecule has 1 heterocycles. The van der Waals surface area contributed by atoms with Gasteiger partial charge in [0.15, 0.2) is 0 Å². The molecular weight excluding hydrogens is 343 g/mol. The number of likely N-dealkylation sites (N-methyl/N-ethyl adjacent to an activating group) is 1. The smallest absolute Gasteiger partial charge is 0.234 e. The zero-order chi connectivity index (χ0) is 19.1. The van der Waals surface area contributed by atoms with E-state index in [1.165, 1.54) is 12.1 Å². The van der Waals surface area contributed by atoms with E-state index in [0.29, 0.717) is 26.1 Å². The SMILES string of the molecule is CN(CC(=O)NCCc1ccc(F)cc1)Cc1cnn(-c2ccccc2)c1. The van der Waals surface area contributed by atoms with Gasteiger partial charge in [-0.05, 0) is 43.3 Å². The topological polar surface area (TPSA) is 50.2 Å². The normalized spacial score (nSPS) is 10.9. The molecule has 0 bridgehead atoms. The summed E-state index contributed by atoms with van der Waals surface area (Å²) in [6, 6.07) is 16.2. The Kier molecular flexibility index (Phi) is 6.33. The molecule has 1 N–H and O–H groups in total. The molecule has 1 aromatic heterocycles. The highest BCUT2D eigenvalue weighted by atomic mass is 19.1. The standard InChI is InChI=1S/C21H23FN4O/c1-25(14-18-13-24-26(15-18)20-5-3-2-4-6-20)16-21(27)23-12-11-17-7-9-19(22)10-8-17/h2-10,13,15H,11-12,14,16H2,1H3,(H,23,27). The summed E-state index contributed by atoms with van der Waals surface area (Å²) >= 11 is 0. The number of carbonyl (C=O) groups is 1. The van der Waals surface area contributed by atoms with Gasteiger partial charge in [0.05, 0.1) is 18.4 Å². The fourth-order valence-electron chi connectivity index (χ4n) is 2.83. The molecule has 5 nitrogen and oxygen atoms in total. The van der Waals surface area contributed by atoms with Gasteiger partial charge in [0.2, 0.25) is 5.91 Å². The number of nitrogens with zero attached hydrogens (tertiary/aromatic N) is 3. The molecule has 0 saturated heterocycles. The molecule has 0 radical (unpaired) electrons. The van der Waals surface area contributed by atoms with Crippen LogP contribution in [0.25, 0.3) is 5.69 Å². The molecule has 27 heavy (non-hydrogen) atoms. The van der Waals surface area contributed by atoms with E-state index in [1.54, 1.807) is 12.1 Å². The number of aromatic nitrogens is 2. The first-order valence-electron chi connectivity index (χ1n) is 8.89. The van der Waals surface area contributed by atoms with Crippen molar-refractivity contribution in [1.29, 1.82) is 0 Å². The average molecular weight is 366 g/mol. The lowest BCUT2D eigenvalue weighted by Crippen LogP contribution is -2.35. The van der Waals surface area contributed by atoms with Crippen LogP contribution in [0.2, 0.25) is 0 Å². The lowest BCUT2D eigenvalue weighted by Gasteiger charge is -2.15. The van der Waals surface area contributed by atoms with Crippen LogP contribution in [0.5, 0.6) is 0 Å². The Balaban J connectivity index is 1.42. The lowest BCUT2D eigenvalue weighted by atomic mass is 10.1. The van der Waals surface area contributed by atoms with Gasteiger partial charge < -0.3 is 5.32 Å². The quantitative estimate of drug-likeness (QED) is 0.667. The molecule has 0 aliphatic heterocycles. The van der Waals surface area contributed by atoms with Gasteiger partial charge in [0.1, 0.15) is 5.82 Å². The van der Waals surface area contributed by atoms with Gasteiger partial charge in [-0.15, -0.1) is 0 Å². The summed E-state index contributed by atoms with van der Waals surface area (Å²) in [5.41, 5.74) is 3.05. The number of carbonyl (C=O) groups excluding carboxylic acids is 1. The van der Waals surface area contributed by atoms with Crippen LogP contribution < -0.4 is 5.32 Å². The van der Waals surface area contributed by atoms with E-state index >= 15 is 0 Å². The van der Waals surface area contributed by atoms with Crippen molar-refractivity contribution in [2.24, 2.45) is 0 Å². The molecule has 0 spiro atoms. The third-order valence-corrected chi connectivity index (χ3v) is 4.17. The fraction of sp³-hybridized carbons (Fsp3) is 0.238. The largest absolute Gasteiger partial charge is 0.355 e. The van der Waals surface area contributed by atoms with Gasteiger partial charge >= 0.3 is 0 Å². The Bertz CT molecular complexity index is 861. The van der Waals surface area contributed by atoms with E-state index in [2.05, 4.69) is 10.4 Å². The summed E-state index contributed by atoms with van der Waals surface area (Å²) in [4.78, 5) is 14.0. The van der Waals surface area contributed by atoms with E-state index in [-0.39, 0.29) is 11.7 Å². The molecule has 0 fully saturated rings. The van der Waals surface area contributed by atoms with Gasteiger partial charge in [0, 0.05) is 24.8 Å². The summed E-state index contributed by atoms with van der Waals surface area (Å²) in [6.45, 7) is 1.47. The van der Waals surface area contributed by atoms with Crippen molar-refractivity contribution in [2.45, 2.75) is 13.0 Å². The van der Waals surface area contributed by atoms with Crippen molar-refractivity contribution in [1.82, 2.24) is 20.0 Å². The van der Waals surface area contributed by atoms with Crippen molar-refractivity contribution >= 4 is 5.91 Å². The zero-order valence-electron chi connectivity index (χ0n) is 15.3. The minimum absolute atomic E-state index is 0.0323. The zero-order valence-corrected chi connectivity index (χ0v) is 15.3. The number of hydrogen-bond donors (Lipinski definition) is 1. The van der Waals surface area contributed by atoms with Crippen LogP contribution in [0.1, 0.15) is 11.1 Å². The Morgan fingerprint density at radius 3 is 2.59 bits per heavy atom. The first-order chi connectivity index (χ1) is 13.1. The third-order valence-electron chi connectivity index (χ3n) is 4.17. The summed E-state index contributed by atoms with van der Waals surface area (Å²) < 4.78 is 14.7. The molecule has 1 amide bonds. The first-order valence-corrected chi connectivity index (χ1v) is 8.89. The minimum Gasteiger partial charge on any atom is -0.355 e. The molecule has 0 unspecified atom stereocenters. The number of amides is 1. The van der Waals surface area contributed by atoms with E-state index in [9.17, 15) is 9.18 Å². The molecule has 0 saturated carbocycles. The van der Waals surface area contributed by atoms with Crippen molar-refractivity contribution < 1.29 is 9.18 Å². The maximum absolute atomic E-state index is 12.9. The molecule has 140 valence electrons. The molecule has 0 aliphatic rings. The van der Waals surface area contributed by atoms with E-state index in [0.717, 1.165) is 16.8 Å². The number of para-hydroxylation sites is 1. The monoisotopic (exact) mass is 366 g/mol. The van der Waals surface area contributed by atoms with Crippen molar-refractivity contribution in [3.05, 3.63) is 83.9 Å². The van der Waals surface area contributed by atoms with Gasteiger partial charge in [-0.1, -0.05) is 30.3 Å². The second-order valence-electron chi connectivity index (χ2n) is 6.53. The summed E-state index contributed by atoms with van der Waals surface area (Å²) in [5.74, 6) is -0.282. The first kappa shape index (κ1) is 18.8. The second-order valence-corrected chi connectivity index (χ2v) is 6.53. The summed E-state index contributed by atoms with van der Waals surface area (Å²) in [6.07, 6.45) is 4.47. The summed E-state index contributed by atoms with van der Waals surface area (Å²) in [5, 5.41) is 7.27. The average Bonchev–Trinajstić information content (AvgIpc) is 3.12. The van der Waals surface area contributed by atoms with E-state index in [4.69, 9.17) is 0 Å². The van der Waals surface area contributed by atoms with Crippen LogP contribution in [0.4, 0.5) is 4.39 Å². The van der Waals surface area contributed by atoms with Crippen molar-refractivity contribution in [2.75, 3.05) is 20.1 Å². The molecule has 0 atom stereocenters. The molecule has 2 aromatic carbocycles. The Hall–Kier alpha value is -2.99. The van der Waals surface area contributed by atoms with Crippen LogP contribution in [0.15, 0.2) is 67.0 Å². The number of rotatable bonds is 8. The van der Waals surface area contributed by atoms with Gasteiger partial charge in [0.25, 0.3) is 0 Å². The van der Waals surface area contributed by atoms with Gasteiger partial charge in [-0.2, -0.15) is 5.10 Å². The predicted octanol–water partition coefficient (Wildman–Crippen LogP) is 2.80. The Morgan fingerprint density at radius 1 is 1.11 bits per heavy atom. The number of hydrogen-bond acceptors (Lipinski definition) is 3. The number of benzene rings is 2. The number of nitrogens with one attached hydrogen (secondary N) is 1. The third kappa shape index (κ3) is 5.76. The fourth-order valence-corrected chi connectivity index (χ4v) is 2.83. The van der Waals surface area contributed by atoms with Crippen molar-refractivity contribution in [3.8, 4) is 5.69 Å². The Labute approximate surface area is 158 Å². The Morgan fingerprint density at radius 2 is 1.85 bits per heavy atom. The minimum atomic E-state index is -0.250. The highest BCUT2D eigenvalue weighted by molar-refractivity contribution is 5.77. The summed E-state index contributed by atoms with van der Waals surface area (Å²) in [7, 11) is 1.90. The van der Waals surface area contributed by atoms with Crippen LogP contribution in [0.3, 0.4) is 0 Å². The van der Waals surface area contributed by atoms with Crippen LogP contribution in [-0.2, 0) is 17.8 Å². The highest BCUT2D eigenvalue weighted by Gasteiger charge is 2.09. The molecule has 3 aromatic rings. The second kappa shape index (κ2) is 9.09. The highest BCUT2D eigenvalue weighted by Crippen LogP contribution is 2.09. The molecule has 3 rings (SSSR count). The van der Waals surface area contributed by atoms with Crippen LogP contribution in [-0.4, -0.2) is 40.7 Å². The predicted molar refractivity (Wildman–Crippen MR) is 103 cm³/mol. The number of halogens is 1. The molecular formula is C21H23FN4O. The van der Waals surface area contributed by atoms with Crippen molar-refractivity contribution in [3.63, 3.8) is 0 Å². The van der Waals surface area contributed by atoms with E-state index < -0.39 is 0 Å². The molecule has 0 aliphatic carbocycles. The van der Waals surface area contributed by atoms with E-state index in [1.807, 2.05) is 59.4 Å². The van der Waals surface area contributed by atoms with Gasteiger partial charge in [-0.25, -0.2) is 9.07 Å².